The van der Waals surface area contributed by atoms with Gasteiger partial charge in [0.05, 0.1) is 0 Å². The minimum Gasteiger partial charge on any atom is -0.338 e. The maximum absolute atomic E-state index is 12.3. The topological polar surface area (TPSA) is 38.8 Å². The lowest BCUT2D eigenvalue weighted by Crippen LogP contribution is -2.60. The van der Waals surface area contributed by atoms with Crippen LogP contribution in [0.25, 0.3) is 0 Å². The second-order valence-electron chi connectivity index (χ2n) is 7.41. The number of carbonyl (C=O) groups excluding carboxylic acids is 1. The molecule has 0 radical (unpaired) electrons. The van der Waals surface area contributed by atoms with Crippen LogP contribution in [0.5, 0.6) is 0 Å². The van der Waals surface area contributed by atoms with Crippen LogP contribution in [0.2, 0.25) is 0 Å². The molecule has 1 N–H and O–H groups in total. The van der Waals surface area contributed by atoms with Crippen LogP contribution >= 0.6 is 0 Å². The average molecular weight is 313 g/mol. The lowest BCUT2D eigenvalue weighted by Gasteiger charge is -2.44. The second kappa shape index (κ2) is 9.36. The number of hydrogen-bond acceptors (Lipinski definition) is 3. The summed E-state index contributed by atoms with van der Waals surface area (Å²) in [6, 6.07) is 0.968. The van der Waals surface area contributed by atoms with E-state index >= 15 is 0 Å². The fraction of sp³-hybridized carbons (Fsp3) is 0.941. The summed E-state index contributed by atoms with van der Waals surface area (Å²) in [4.78, 5) is 19.0. The van der Waals surface area contributed by atoms with Crippen molar-refractivity contribution in [3.05, 3.63) is 0 Å². The van der Waals surface area contributed by atoms with Gasteiger partial charge < -0.3 is 15.1 Å². The van der Waals surface area contributed by atoms with Gasteiger partial charge in [-0.05, 0) is 53.2 Å². The number of hydrogen-bond donors (Lipinski definition) is 1. The summed E-state index contributed by atoms with van der Waals surface area (Å²) < 4.78 is 0. The first-order valence-corrected chi connectivity index (χ1v) is 8.74. The van der Waals surface area contributed by atoms with Gasteiger partial charge in [-0.3, -0.25) is 4.90 Å². The van der Waals surface area contributed by atoms with Crippen LogP contribution in [0.4, 0.5) is 4.79 Å². The molecule has 2 amide bonds. The lowest BCUT2D eigenvalue weighted by molar-refractivity contribution is 0.0531. The predicted octanol–water partition coefficient (Wildman–Crippen LogP) is 2.09. The van der Waals surface area contributed by atoms with Gasteiger partial charge in [-0.2, -0.15) is 0 Å². The smallest absolute Gasteiger partial charge is 0.317 e. The number of amides is 2. The standard InChI is InChI=1S/C17H36N4O/c1-14(2)8-9-18-17(22)20-12-15(3)21(16(4)13-20)11-7-10-19(5)6/h14-16H,7-13H2,1-6H3,(H,18,22). The summed E-state index contributed by atoms with van der Waals surface area (Å²) in [5.41, 5.74) is 0. The second-order valence-corrected chi connectivity index (χ2v) is 7.41. The molecular formula is C17H36N4O. The van der Waals surface area contributed by atoms with Crippen LogP contribution in [0.15, 0.2) is 0 Å². The molecule has 22 heavy (non-hydrogen) atoms. The highest BCUT2D eigenvalue weighted by Crippen LogP contribution is 2.16. The highest BCUT2D eigenvalue weighted by atomic mass is 16.2. The Hall–Kier alpha value is -0.810. The molecule has 1 rings (SSSR count). The molecule has 1 aliphatic heterocycles. The molecule has 5 heteroatoms. The van der Waals surface area contributed by atoms with Gasteiger partial charge in [0.2, 0.25) is 0 Å². The Kier molecular flexibility index (Phi) is 8.18. The van der Waals surface area contributed by atoms with E-state index in [1.54, 1.807) is 0 Å². The van der Waals surface area contributed by atoms with Gasteiger partial charge in [0.15, 0.2) is 0 Å². The summed E-state index contributed by atoms with van der Waals surface area (Å²) in [7, 11) is 4.23. The Balaban J connectivity index is 2.39. The van der Waals surface area contributed by atoms with E-state index in [-0.39, 0.29) is 6.03 Å². The molecule has 0 saturated carbocycles. The zero-order valence-corrected chi connectivity index (χ0v) is 15.4. The van der Waals surface area contributed by atoms with Gasteiger partial charge in [-0.15, -0.1) is 0 Å². The van der Waals surface area contributed by atoms with Crippen LogP contribution in [-0.2, 0) is 0 Å². The van der Waals surface area contributed by atoms with Gasteiger partial charge in [0.25, 0.3) is 0 Å². The van der Waals surface area contributed by atoms with Crippen molar-refractivity contribution >= 4 is 6.03 Å². The summed E-state index contributed by atoms with van der Waals surface area (Å²) in [5.74, 6) is 0.631. The van der Waals surface area contributed by atoms with E-state index in [1.165, 1.54) is 6.42 Å². The number of piperazine rings is 1. The largest absolute Gasteiger partial charge is 0.338 e. The monoisotopic (exact) mass is 312 g/mol. The van der Waals surface area contributed by atoms with Crippen molar-refractivity contribution in [1.29, 1.82) is 0 Å². The molecule has 0 aliphatic carbocycles. The number of nitrogens with one attached hydrogen (secondary N) is 1. The number of carbonyl (C=O) groups is 1. The van der Waals surface area contributed by atoms with Gasteiger partial charge in [0, 0.05) is 38.3 Å². The molecule has 0 aromatic rings. The molecule has 1 fully saturated rings. The van der Waals surface area contributed by atoms with Gasteiger partial charge in [-0.1, -0.05) is 13.8 Å². The van der Waals surface area contributed by atoms with Crippen molar-refractivity contribution in [2.24, 2.45) is 5.92 Å². The molecule has 2 atom stereocenters. The Morgan fingerprint density at radius 1 is 1.23 bits per heavy atom. The third-order valence-electron chi connectivity index (χ3n) is 4.41. The van der Waals surface area contributed by atoms with E-state index in [9.17, 15) is 4.79 Å². The van der Waals surface area contributed by atoms with Crippen molar-refractivity contribution in [2.75, 3.05) is 46.8 Å². The summed E-state index contributed by atoms with van der Waals surface area (Å²) in [5, 5.41) is 3.06. The van der Waals surface area contributed by atoms with Crippen LogP contribution in [0, 0.1) is 5.92 Å². The Labute approximate surface area is 137 Å². The molecule has 130 valence electrons. The third-order valence-corrected chi connectivity index (χ3v) is 4.41. The highest BCUT2D eigenvalue weighted by molar-refractivity contribution is 5.74. The fourth-order valence-corrected chi connectivity index (χ4v) is 3.11. The predicted molar refractivity (Wildman–Crippen MR) is 93.2 cm³/mol. The molecule has 0 aromatic carbocycles. The van der Waals surface area contributed by atoms with E-state index in [4.69, 9.17) is 0 Å². The van der Waals surface area contributed by atoms with Crippen LogP contribution < -0.4 is 5.32 Å². The first-order valence-electron chi connectivity index (χ1n) is 8.74. The Bertz CT molecular complexity index is 321. The molecule has 0 aromatic heterocycles. The zero-order chi connectivity index (χ0) is 16.7. The van der Waals surface area contributed by atoms with Crippen molar-refractivity contribution in [3.8, 4) is 0 Å². The molecule has 1 saturated heterocycles. The van der Waals surface area contributed by atoms with Crippen molar-refractivity contribution < 1.29 is 4.79 Å². The van der Waals surface area contributed by atoms with E-state index < -0.39 is 0 Å². The molecule has 0 spiro atoms. The Morgan fingerprint density at radius 3 is 2.32 bits per heavy atom. The summed E-state index contributed by atoms with van der Waals surface area (Å²) in [6.07, 6.45) is 2.23. The molecule has 5 nitrogen and oxygen atoms in total. The molecular weight excluding hydrogens is 276 g/mol. The minimum absolute atomic E-state index is 0.104. The number of nitrogens with zero attached hydrogens (tertiary/aromatic N) is 3. The van der Waals surface area contributed by atoms with Crippen molar-refractivity contribution in [3.63, 3.8) is 0 Å². The first-order chi connectivity index (χ1) is 10.3. The van der Waals surface area contributed by atoms with Crippen molar-refractivity contribution in [1.82, 2.24) is 20.0 Å². The van der Waals surface area contributed by atoms with Crippen molar-refractivity contribution in [2.45, 2.75) is 52.6 Å². The highest BCUT2D eigenvalue weighted by Gasteiger charge is 2.31. The van der Waals surface area contributed by atoms with Gasteiger partial charge in [0.1, 0.15) is 0 Å². The first kappa shape index (κ1) is 19.2. The van der Waals surface area contributed by atoms with E-state index in [2.05, 4.69) is 56.9 Å². The summed E-state index contributed by atoms with van der Waals surface area (Å²) >= 11 is 0. The van der Waals surface area contributed by atoms with Gasteiger partial charge >= 0.3 is 6.03 Å². The van der Waals surface area contributed by atoms with Gasteiger partial charge in [-0.25, -0.2) is 4.79 Å². The third kappa shape index (κ3) is 6.53. The zero-order valence-electron chi connectivity index (χ0n) is 15.4. The molecule has 1 heterocycles. The quantitative estimate of drug-likeness (QED) is 0.782. The molecule has 1 aliphatic rings. The van der Waals surface area contributed by atoms with E-state index in [0.29, 0.717) is 18.0 Å². The lowest BCUT2D eigenvalue weighted by atomic mass is 10.1. The normalized spacial score (nSPS) is 23.4. The fourth-order valence-electron chi connectivity index (χ4n) is 3.11. The van der Waals surface area contributed by atoms with Crippen LogP contribution in [0.1, 0.15) is 40.5 Å². The number of urea groups is 1. The van der Waals surface area contributed by atoms with Crippen LogP contribution in [-0.4, -0.2) is 79.6 Å². The molecule has 0 bridgehead atoms. The molecule has 2 unspecified atom stereocenters. The minimum atomic E-state index is 0.104. The SMILES string of the molecule is CC(C)CCNC(=O)N1CC(C)N(CCCN(C)C)C(C)C1. The van der Waals surface area contributed by atoms with E-state index in [0.717, 1.165) is 39.1 Å². The summed E-state index contributed by atoms with van der Waals surface area (Å²) in [6.45, 7) is 13.5. The average Bonchev–Trinajstić information content (AvgIpc) is 2.40. The van der Waals surface area contributed by atoms with Crippen LogP contribution in [0.3, 0.4) is 0 Å². The maximum atomic E-state index is 12.3. The number of rotatable bonds is 7. The maximum Gasteiger partial charge on any atom is 0.317 e. The van der Waals surface area contributed by atoms with E-state index in [1.807, 2.05) is 4.90 Å². The Morgan fingerprint density at radius 2 is 1.82 bits per heavy atom.